The molecule has 0 saturated heterocycles. The Bertz CT molecular complexity index is 969. The van der Waals surface area contributed by atoms with E-state index in [1.54, 1.807) is 39.1 Å². The van der Waals surface area contributed by atoms with Gasteiger partial charge in [-0.05, 0) is 54.9 Å². The van der Waals surface area contributed by atoms with E-state index in [-0.39, 0.29) is 11.4 Å². The highest BCUT2D eigenvalue weighted by Crippen LogP contribution is 2.37. The van der Waals surface area contributed by atoms with Gasteiger partial charge in [-0.3, -0.25) is 10.3 Å². The van der Waals surface area contributed by atoms with Gasteiger partial charge in [0.1, 0.15) is 11.4 Å². The van der Waals surface area contributed by atoms with Crippen LogP contribution in [0.15, 0.2) is 40.3 Å². The summed E-state index contributed by atoms with van der Waals surface area (Å²) in [5.41, 5.74) is 0.416. The summed E-state index contributed by atoms with van der Waals surface area (Å²) in [4.78, 5) is 16.0. The summed E-state index contributed by atoms with van der Waals surface area (Å²) in [7, 11) is 0. The predicted octanol–water partition coefficient (Wildman–Crippen LogP) is 6.34. The number of aromatic nitrogens is 1. The Hall–Kier alpha value is -2.19. The fraction of sp³-hybridized carbons (Fsp3) is 0.222. The number of hydrogen-bond donors (Lipinski definition) is 1. The van der Waals surface area contributed by atoms with Gasteiger partial charge in [0, 0.05) is 24.0 Å². The molecule has 0 aliphatic heterocycles. The van der Waals surface area contributed by atoms with Crippen molar-refractivity contribution < 1.29 is 18.7 Å². The lowest BCUT2D eigenvalue weighted by Gasteiger charge is -2.19. The number of carbonyl (C=O) groups excluding carboxylic acids is 1. The number of pyridine rings is 1. The quantitative estimate of drug-likeness (QED) is 0.518. The van der Waals surface area contributed by atoms with Gasteiger partial charge in [0.2, 0.25) is 0 Å². The van der Waals surface area contributed by atoms with Crippen LogP contribution < -0.4 is 10.1 Å². The molecule has 5 nitrogen and oxygen atoms in total. The minimum absolute atomic E-state index is 0.0526. The van der Waals surface area contributed by atoms with Crippen LogP contribution in [-0.4, -0.2) is 16.7 Å². The van der Waals surface area contributed by atoms with Crippen molar-refractivity contribution in [1.29, 1.82) is 0 Å². The van der Waals surface area contributed by atoms with Crippen LogP contribution in [0.25, 0.3) is 10.2 Å². The van der Waals surface area contributed by atoms with E-state index in [4.69, 9.17) is 9.47 Å². The molecule has 2 aromatic heterocycles. The van der Waals surface area contributed by atoms with Crippen LogP contribution in [0.3, 0.4) is 0 Å². The summed E-state index contributed by atoms with van der Waals surface area (Å²) in [6.45, 7) is 5.26. The third kappa shape index (κ3) is 4.50. The van der Waals surface area contributed by atoms with Crippen molar-refractivity contribution in [3.63, 3.8) is 0 Å². The van der Waals surface area contributed by atoms with Crippen molar-refractivity contribution in [2.24, 2.45) is 0 Å². The Labute approximate surface area is 162 Å². The van der Waals surface area contributed by atoms with Crippen LogP contribution in [0.2, 0.25) is 0 Å². The van der Waals surface area contributed by atoms with E-state index in [2.05, 4.69) is 26.2 Å². The number of hydrogen-bond acceptors (Lipinski definition) is 5. The number of thiophene rings is 1. The number of ether oxygens (including phenoxy) is 2. The van der Waals surface area contributed by atoms with Crippen LogP contribution in [-0.2, 0) is 4.74 Å². The number of carbonyl (C=O) groups is 1. The maximum atomic E-state index is 14.4. The van der Waals surface area contributed by atoms with Gasteiger partial charge in [-0.1, -0.05) is 0 Å². The number of benzene rings is 1. The fourth-order valence-corrected chi connectivity index (χ4v) is 3.66. The van der Waals surface area contributed by atoms with Gasteiger partial charge in [-0.15, -0.1) is 11.3 Å². The van der Waals surface area contributed by atoms with Crippen LogP contribution in [0.5, 0.6) is 11.5 Å². The van der Waals surface area contributed by atoms with Crippen molar-refractivity contribution >= 4 is 49.3 Å². The second kappa shape index (κ2) is 7.20. The highest BCUT2D eigenvalue weighted by molar-refractivity contribution is 9.11. The van der Waals surface area contributed by atoms with Crippen LogP contribution in [0.1, 0.15) is 20.8 Å². The smallest absolute Gasteiger partial charge is 0.412 e. The molecule has 1 N–H and O–H groups in total. The number of anilines is 1. The molecule has 136 valence electrons. The monoisotopic (exact) mass is 438 g/mol. The Morgan fingerprint density at radius 1 is 1.23 bits per heavy atom. The number of rotatable bonds is 3. The minimum Gasteiger partial charge on any atom is -0.453 e. The molecule has 0 atom stereocenters. The Balaban J connectivity index is 1.78. The average Bonchev–Trinajstić information content (AvgIpc) is 2.89. The first-order chi connectivity index (χ1) is 12.2. The number of amides is 1. The molecule has 0 aliphatic carbocycles. The average molecular weight is 439 g/mol. The maximum Gasteiger partial charge on any atom is 0.412 e. The number of nitrogens with zero attached hydrogens (tertiary/aromatic N) is 1. The standard InChI is InChI=1S/C18H16BrFN2O3S/c1-18(2,3)25-17(23)22-10-4-5-13(11(20)8-10)24-14-6-7-21-12-9-15(19)26-16(12)14/h4-9H,1-3H3,(H,22,23). The molecule has 2 heterocycles. The third-order valence-electron chi connectivity index (χ3n) is 3.14. The molecule has 0 unspecified atom stereocenters. The zero-order valence-corrected chi connectivity index (χ0v) is 16.7. The zero-order valence-electron chi connectivity index (χ0n) is 14.3. The first-order valence-electron chi connectivity index (χ1n) is 7.73. The zero-order chi connectivity index (χ0) is 18.9. The first-order valence-corrected chi connectivity index (χ1v) is 9.34. The summed E-state index contributed by atoms with van der Waals surface area (Å²) in [6, 6.07) is 7.73. The Morgan fingerprint density at radius 3 is 2.69 bits per heavy atom. The van der Waals surface area contributed by atoms with Crippen molar-refractivity contribution in [3.8, 4) is 11.5 Å². The molecule has 0 fully saturated rings. The molecule has 0 radical (unpaired) electrons. The predicted molar refractivity (Wildman–Crippen MR) is 104 cm³/mol. The Kier molecular flexibility index (Phi) is 5.15. The van der Waals surface area contributed by atoms with Crippen LogP contribution in [0, 0.1) is 5.82 Å². The van der Waals surface area contributed by atoms with E-state index in [0.29, 0.717) is 5.75 Å². The topological polar surface area (TPSA) is 60.5 Å². The normalized spacial score (nSPS) is 11.4. The second-order valence-electron chi connectivity index (χ2n) is 6.45. The van der Waals surface area contributed by atoms with Gasteiger partial charge in [0.15, 0.2) is 11.6 Å². The lowest BCUT2D eigenvalue weighted by molar-refractivity contribution is 0.0636. The number of halogens is 2. The molecule has 0 saturated carbocycles. The third-order valence-corrected chi connectivity index (χ3v) is 4.78. The molecular formula is C18H16BrFN2O3S. The van der Waals surface area contributed by atoms with Crippen LogP contribution in [0.4, 0.5) is 14.9 Å². The first kappa shape index (κ1) is 18.6. The van der Waals surface area contributed by atoms with Crippen molar-refractivity contribution in [2.45, 2.75) is 26.4 Å². The van der Waals surface area contributed by atoms with Gasteiger partial charge in [-0.2, -0.15) is 0 Å². The van der Waals surface area contributed by atoms with E-state index in [0.717, 1.165) is 14.0 Å². The lowest BCUT2D eigenvalue weighted by atomic mass is 10.2. The molecule has 3 rings (SSSR count). The lowest BCUT2D eigenvalue weighted by Crippen LogP contribution is -2.27. The molecule has 1 amide bonds. The minimum atomic E-state index is -0.648. The number of fused-ring (bicyclic) bond motifs is 1. The van der Waals surface area contributed by atoms with E-state index in [1.165, 1.54) is 23.5 Å². The molecule has 0 spiro atoms. The van der Waals surface area contributed by atoms with E-state index in [1.807, 2.05) is 6.07 Å². The molecule has 26 heavy (non-hydrogen) atoms. The van der Waals surface area contributed by atoms with Gasteiger partial charge in [0.25, 0.3) is 0 Å². The SMILES string of the molecule is CC(C)(C)OC(=O)Nc1ccc(Oc2ccnc3cc(Br)sc23)c(F)c1. The maximum absolute atomic E-state index is 14.4. The van der Waals surface area contributed by atoms with Crippen molar-refractivity contribution in [3.05, 3.63) is 46.1 Å². The van der Waals surface area contributed by atoms with E-state index < -0.39 is 17.5 Å². The molecule has 3 aromatic rings. The summed E-state index contributed by atoms with van der Waals surface area (Å²) in [5.74, 6) is -0.0339. The second-order valence-corrected chi connectivity index (χ2v) is 8.88. The molecule has 0 bridgehead atoms. The van der Waals surface area contributed by atoms with Gasteiger partial charge in [-0.25, -0.2) is 9.18 Å². The van der Waals surface area contributed by atoms with E-state index in [9.17, 15) is 9.18 Å². The fourth-order valence-electron chi connectivity index (χ4n) is 2.17. The summed E-state index contributed by atoms with van der Waals surface area (Å²) in [5, 5.41) is 2.49. The summed E-state index contributed by atoms with van der Waals surface area (Å²) < 4.78 is 27.0. The molecular weight excluding hydrogens is 423 g/mol. The van der Waals surface area contributed by atoms with E-state index >= 15 is 0 Å². The molecule has 8 heteroatoms. The van der Waals surface area contributed by atoms with Gasteiger partial charge in [0.05, 0.1) is 14.0 Å². The van der Waals surface area contributed by atoms with Gasteiger partial charge >= 0.3 is 6.09 Å². The number of nitrogens with one attached hydrogen (secondary N) is 1. The van der Waals surface area contributed by atoms with Crippen molar-refractivity contribution in [2.75, 3.05) is 5.32 Å². The van der Waals surface area contributed by atoms with Crippen LogP contribution >= 0.6 is 27.3 Å². The molecule has 1 aromatic carbocycles. The van der Waals surface area contributed by atoms with Gasteiger partial charge < -0.3 is 9.47 Å². The summed E-state index contributed by atoms with van der Waals surface area (Å²) in [6.07, 6.45) is 0.956. The van der Waals surface area contributed by atoms with Crippen molar-refractivity contribution in [1.82, 2.24) is 4.98 Å². The Morgan fingerprint density at radius 2 is 2.00 bits per heavy atom. The highest BCUT2D eigenvalue weighted by Gasteiger charge is 2.17. The summed E-state index contributed by atoms with van der Waals surface area (Å²) >= 11 is 4.86. The molecule has 0 aliphatic rings. The highest BCUT2D eigenvalue weighted by atomic mass is 79.9. The largest absolute Gasteiger partial charge is 0.453 e.